The molecule has 1 fully saturated rings. The molecule has 1 aliphatic heterocycles. The highest BCUT2D eigenvalue weighted by Crippen LogP contribution is 2.37. The van der Waals surface area contributed by atoms with Crippen molar-refractivity contribution in [2.45, 2.75) is 33.1 Å². The number of hydrogen-bond acceptors (Lipinski definition) is 6. The third kappa shape index (κ3) is 6.21. The molecule has 0 N–H and O–H groups in total. The number of ether oxygens (including phenoxy) is 3. The maximum Gasteiger partial charge on any atom is 0.266 e. The van der Waals surface area contributed by atoms with E-state index in [-0.39, 0.29) is 5.91 Å². The van der Waals surface area contributed by atoms with Gasteiger partial charge in [-0.25, -0.2) is 0 Å². The molecule has 2 aromatic carbocycles. The van der Waals surface area contributed by atoms with Crippen molar-refractivity contribution in [3.63, 3.8) is 0 Å². The quantitative estimate of drug-likeness (QED) is 0.156. The second kappa shape index (κ2) is 12.1. The van der Waals surface area contributed by atoms with Gasteiger partial charge in [-0.05, 0) is 42.2 Å². The highest BCUT2D eigenvalue weighted by atomic mass is 32.2. The largest absolute Gasteiger partial charge is 0.493 e. The average molecular weight is 498 g/mol. The first kappa shape index (κ1) is 25.8. The summed E-state index contributed by atoms with van der Waals surface area (Å²) < 4.78 is 18.2. The Morgan fingerprint density at radius 3 is 2.62 bits per heavy atom. The highest BCUT2D eigenvalue weighted by Gasteiger charge is 2.31. The first-order chi connectivity index (χ1) is 16.3. The fourth-order valence-electron chi connectivity index (χ4n) is 3.55. The van der Waals surface area contributed by atoms with E-state index in [0.717, 1.165) is 11.3 Å². The minimum absolute atomic E-state index is 0.129. The van der Waals surface area contributed by atoms with E-state index in [2.05, 4.69) is 45.5 Å². The Balaban J connectivity index is 1.68. The number of hydrogen-bond donors (Lipinski definition) is 0. The van der Waals surface area contributed by atoms with E-state index in [1.165, 1.54) is 27.8 Å². The monoisotopic (exact) mass is 497 g/mol. The van der Waals surface area contributed by atoms with Gasteiger partial charge in [0.15, 0.2) is 11.5 Å². The van der Waals surface area contributed by atoms with Gasteiger partial charge >= 0.3 is 0 Å². The van der Waals surface area contributed by atoms with Crippen molar-refractivity contribution in [1.29, 1.82) is 0 Å². The SMILES string of the molecule is C=CCN1C(=O)C(=Cc2cccc(OC)c2OCCCOc2cc(C)ccc2C(C)C)SC1=S. The second-order valence-electron chi connectivity index (χ2n) is 8.21. The summed E-state index contributed by atoms with van der Waals surface area (Å²) in [6.45, 7) is 11.5. The summed E-state index contributed by atoms with van der Waals surface area (Å²) >= 11 is 6.62. The van der Waals surface area contributed by atoms with E-state index in [9.17, 15) is 4.79 Å². The molecular weight excluding hydrogens is 466 g/mol. The maximum absolute atomic E-state index is 12.7. The van der Waals surface area contributed by atoms with Crippen LogP contribution in [0.1, 0.15) is 42.9 Å². The van der Waals surface area contributed by atoms with Crippen molar-refractivity contribution in [2.24, 2.45) is 0 Å². The average Bonchev–Trinajstić information content (AvgIpc) is 3.07. The molecule has 1 heterocycles. The summed E-state index contributed by atoms with van der Waals surface area (Å²) in [4.78, 5) is 14.8. The lowest BCUT2D eigenvalue weighted by atomic mass is 10.0. The van der Waals surface area contributed by atoms with E-state index < -0.39 is 0 Å². The first-order valence-electron chi connectivity index (χ1n) is 11.2. The lowest BCUT2D eigenvalue weighted by Crippen LogP contribution is -2.27. The van der Waals surface area contributed by atoms with Crippen LogP contribution < -0.4 is 14.2 Å². The molecule has 2 aromatic rings. The Morgan fingerprint density at radius 2 is 1.91 bits per heavy atom. The summed E-state index contributed by atoms with van der Waals surface area (Å²) in [5.41, 5.74) is 3.14. The van der Waals surface area contributed by atoms with Crippen molar-refractivity contribution >= 4 is 40.3 Å². The van der Waals surface area contributed by atoms with Gasteiger partial charge < -0.3 is 14.2 Å². The molecule has 180 valence electrons. The predicted molar refractivity (Wildman–Crippen MR) is 144 cm³/mol. The van der Waals surface area contributed by atoms with Gasteiger partial charge in [0.05, 0.1) is 25.2 Å². The number of rotatable bonds is 11. The van der Waals surface area contributed by atoms with Crippen molar-refractivity contribution in [3.8, 4) is 17.2 Å². The molecule has 5 nitrogen and oxygen atoms in total. The van der Waals surface area contributed by atoms with Gasteiger partial charge in [-0.2, -0.15) is 0 Å². The van der Waals surface area contributed by atoms with Crippen LogP contribution >= 0.6 is 24.0 Å². The third-order valence-electron chi connectivity index (χ3n) is 5.28. The van der Waals surface area contributed by atoms with Gasteiger partial charge in [-0.3, -0.25) is 9.69 Å². The lowest BCUT2D eigenvalue weighted by Gasteiger charge is -2.16. The Labute approximate surface area is 211 Å². The Morgan fingerprint density at radius 1 is 1.15 bits per heavy atom. The van der Waals surface area contributed by atoms with Crippen LogP contribution in [-0.2, 0) is 4.79 Å². The predicted octanol–water partition coefficient (Wildman–Crippen LogP) is 6.36. The van der Waals surface area contributed by atoms with Crippen molar-refractivity contribution in [1.82, 2.24) is 4.90 Å². The van der Waals surface area contributed by atoms with Crippen molar-refractivity contribution in [3.05, 3.63) is 70.6 Å². The number of amides is 1. The Kier molecular flexibility index (Phi) is 9.19. The molecule has 1 aliphatic rings. The smallest absolute Gasteiger partial charge is 0.266 e. The number of carbonyl (C=O) groups excluding carboxylic acids is 1. The number of nitrogens with zero attached hydrogens (tertiary/aromatic N) is 1. The van der Waals surface area contributed by atoms with Gasteiger partial charge in [0.1, 0.15) is 10.1 Å². The van der Waals surface area contributed by atoms with Crippen LogP contribution in [0.3, 0.4) is 0 Å². The fourth-order valence-corrected chi connectivity index (χ4v) is 4.81. The minimum atomic E-state index is -0.129. The van der Waals surface area contributed by atoms with E-state index in [0.29, 0.717) is 52.8 Å². The summed E-state index contributed by atoms with van der Waals surface area (Å²) in [5.74, 6) is 2.39. The summed E-state index contributed by atoms with van der Waals surface area (Å²) in [7, 11) is 1.60. The number of carbonyl (C=O) groups is 1. The van der Waals surface area contributed by atoms with E-state index in [1.807, 2.05) is 18.2 Å². The van der Waals surface area contributed by atoms with E-state index >= 15 is 0 Å². The van der Waals surface area contributed by atoms with Gasteiger partial charge in [0.2, 0.25) is 0 Å². The number of benzene rings is 2. The topological polar surface area (TPSA) is 48.0 Å². The summed E-state index contributed by atoms with van der Waals surface area (Å²) in [6, 6.07) is 11.9. The van der Waals surface area contributed by atoms with Gasteiger partial charge in [-0.15, -0.1) is 6.58 Å². The molecule has 0 spiro atoms. The second-order valence-corrected chi connectivity index (χ2v) is 9.88. The van der Waals surface area contributed by atoms with Crippen LogP contribution in [0.2, 0.25) is 0 Å². The molecule has 0 atom stereocenters. The van der Waals surface area contributed by atoms with Gasteiger partial charge in [-0.1, -0.05) is 68.2 Å². The standard InChI is InChI=1S/C27H31NO4S2/c1-6-13-28-26(29)24(34-27(28)33)17-20-9-7-10-22(30-5)25(20)32-15-8-14-31-23-16-19(4)11-12-21(23)18(2)3/h6-7,9-12,16-18H,1,8,13-15H2,2-5H3. The molecule has 3 rings (SSSR count). The number of thioether (sulfide) groups is 1. The van der Waals surface area contributed by atoms with E-state index in [1.54, 1.807) is 19.3 Å². The summed E-state index contributed by atoms with van der Waals surface area (Å²) in [6.07, 6.45) is 4.17. The molecule has 0 saturated carbocycles. The molecule has 0 aliphatic carbocycles. The molecule has 0 bridgehead atoms. The lowest BCUT2D eigenvalue weighted by molar-refractivity contribution is -0.121. The molecule has 0 radical (unpaired) electrons. The number of para-hydroxylation sites is 1. The fraction of sp³-hybridized carbons (Fsp3) is 0.333. The van der Waals surface area contributed by atoms with Crippen LogP contribution in [-0.4, -0.2) is 42.0 Å². The number of methoxy groups -OCH3 is 1. The molecule has 7 heteroatoms. The third-order valence-corrected chi connectivity index (χ3v) is 6.66. The normalized spacial score (nSPS) is 14.7. The zero-order chi connectivity index (χ0) is 24.7. The van der Waals surface area contributed by atoms with Crippen LogP contribution in [0.5, 0.6) is 17.2 Å². The number of thiocarbonyl (C=S) groups is 1. The van der Waals surface area contributed by atoms with Crippen LogP contribution in [0.15, 0.2) is 54.0 Å². The minimum Gasteiger partial charge on any atom is -0.493 e. The Bertz CT molecular complexity index is 1090. The van der Waals surface area contributed by atoms with E-state index in [4.69, 9.17) is 26.4 Å². The molecule has 0 aromatic heterocycles. The van der Waals surface area contributed by atoms with Gasteiger partial charge in [0.25, 0.3) is 5.91 Å². The maximum atomic E-state index is 12.7. The Hall–Kier alpha value is -2.77. The van der Waals surface area contributed by atoms with Crippen molar-refractivity contribution in [2.75, 3.05) is 26.9 Å². The zero-order valence-electron chi connectivity index (χ0n) is 20.1. The zero-order valence-corrected chi connectivity index (χ0v) is 21.8. The van der Waals surface area contributed by atoms with Crippen LogP contribution in [0.25, 0.3) is 6.08 Å². The molecule has 1 saturated heterocycles. The molecule has 1 amide bonds. The van der Waals surface area contributed by atoms with Gasteiger partial charge in [0, 0.05) is 18.5 Å². The summed E-state index contributed by atoms with van der Waals surface area (Å²) in [5, 5.41) is 0. The number of aryl methyl sites for hydroxylation is 1. The van der Waals surface area contributed by atoms with Crippen LogP contribution in [0.4, 0.5) is 0 Å². The molecule has 0 unspecified atom stereocenters. The first-order valence-corrected chi connectivity index (χ1v) is 12.5. The van der Waals surface area contributed by atoms with Crippen molar-refractivity contribution < 1.29 is 19.0 Å². The molecule has 34 heavy (non-hydrogen) atoms. The van der Waals surface area contributed by atoms with Crippen LogP contribution in [0, 0.1) is 6.92 Å². The highest BCUT2D eigenvalue weighted by molar-refractivity contribution is 8.26. The molecular formula is C27H31NO4S2.